The van der Waals surface area contributed by atoms with Gasteiger partial charge in [0.2, 0.25) is 0 Å². The van der Waals surface area contributed by atoms with Crippen LogP contribution in [0.25, 0.3) is 0 Å². The zero-order valence-electron chi connectivity index (χ0n) is 10.0. The van der Waals surface area contributed by atoms with Gasteiger partial charge in [-0.15, -0.1) is 0 Å². The quantitative estimate of drug-likeness (QED) is 0.739. The summed E-state index contributed by atoms with van der Waals surface area (Å²) < 4.78 is 5.70. The first-order valence-electron chi connectivity index (χ1n) is 5.15. The zero-order valence-corrected chi connectivity index (χ0v) is 10.0. The third kappa shape index (κ3) is 2.30. The highest BCUT2D eigenvalue weighted by atomic mass is 16.5. The Morgan fingerprint density at radius 3 is 2.27 bits per heavy atom. The lowest BCUT2D eigenvalue weighted by molar-refractivity contribution is 0.240. The predicted molar refractivity (Wildman–Crippen MR) is 61.1 cm³/mol. The summed E-state index contributed by atoms with van der Waals surface area (Å²) in [5.74, 6) is 0.888. The smallest absolute Gasteiger partial charge is 0.123 e. The Kier molecular flexibility index (Phi) is 3.36. The number of hydrogen-bond donors (Lipinski definition) is 0. The van der Waals surface area contributed by atoms with Gasteiger partial charge in [-0.2, -0.15) is 5.26 Å². The second-order valence-electron chi connectivity index (χ2n) is 4.10. The van der Waals surface area contributed by atoms with Gasteiger partial charge in [-0.1, -0.05) is 0 Å². The summed E-state index contributed by atoms with van der Waals surface area (Å²) >= 11 is 0. The van der Waals surface area contributed by atoms with E-state index < -0.39 is 0 Å². The topological polar surface area (TPSA) is 33.0 Å². The zero-order chi connectivity index (χ0) is 11.6. The number of nitrogens with zero attached hydrogens (tertiary/aromatic N) is 1. The Morgan fingerprint density at radius 2 is 1.80 bits per heavy atom. The van der Waals surface area contributed by atoms with E-state index in [2.05, 4.69) is 6.07 Å². The molecule has 0 N–H and O–H groups in total. The van der Waals surface area contributed by atoms with Crippen molar-refractivity contribution in [2.75, 3.05) is 0 Å². The number of aryl methyl sites for hydroxylation is 1. The fourth-order valence-corrected chi connectivity index (χ4v) is 1.59. The van der Waals surface area contributed by atoms with Crippen LogP contribution in [0.4, 0.5) is 0 Å². The number of nitriles is 1. The minimum Gasteiger partial charge on any atom is -0.491 e. The Balaban J connectivity index is 3.29. The van der Waals surface area contributed by atoms with Crippen LogP contribution in [0.15, 0.2) is 6.07 Å². The Hall–Kier alpha value is -1.49. The molecular formula is C13H17NO. The second kappa shape index (κ2) is 4.35. The lowest BCUT2D eigenvalue weighted by Crippen LogP contribution is -2.08. The van der Waals surface area contributed by atoms with Crippen LogP contribution in [0.1, 0.15) is 36.1 Å². The van der Waals surface area contributed by atoms with E-state index in [9.17, 15) is 0 Å². The molecule has 0 fully saturated rings. The van der Waals surface area contributed by atoms with Gasteiger partial charge in [0.1, 0.15) is 5.75 Å². The molecule has 2 heteroatoms. The summed E-state index contributed by atoms with van der Waals surface area (Å²) in [6.45, 7) is 9.91. The fourth-order valence-electron chi connectivity index (χ4n) is 1.59. The molecule has 1 rings (SSSR count). The van der Waals surface area contributed by atoms with Crippen molar-refractivity contribution in [2.24, 2.45) is 0 Å². The maximum absolute atomic E-state index is 9.01. The van der Waals surface area contributed by atoms with Gasteiger partial charge in [0.05, 0.1) is 17.7 Å². The molecule has 0 bridgehead atoms. The van der Waals surface area contributed by atoms with Crippen molar-refractivity contribution in [1.29, 1.82) is 5.26 Å². The van der Waals surface area contributed by atoms with Crippen LogP contribution in [0.5, 0.6) is 5.75 Å². The van der Waals surface area contributed by atoms with E-state index in [-0.39, 0.29) is 6.10 Å². The standard InChI is InChI=1S/C13H17NO/c1-8(2)15-13-6-9(3)12(7-14)10(4)11(13)5/h6,8H,1-5H3. The Bertz CT molecular complexity index is 414. The number of benzene rings is 1. The molecule has 0 heterocycles. The van der Waals surface area contributed by atoms with Crippen LogP contribution in [-0.2, 0) is 0 Å². The summed E-state index contributed by atoms with van der Waals surface area (Å²) in [5, 5.41) is 9.01. The Morgan fingerprint density at radius 1 is 1.20 bits per heavy atom. The molecule has 15 heavy (non-hydrogen) atoms. The van der Waals surface area contributed by atoms with Gasteiger partial charge in [-0.05, 0) is 57.4 Å². The molecule has 80 valence electrons. The third-order valence-corrected chi connectivity index (χ3v) is 2.52. The average molecular weight is 203 g/mol. The van der Waals surface area contributed by atoms with E-state index >= 15 is 0 Å². The minimum atomic E-state index is 0.162. The third-order valence-electron chi connectivity index (χ3n) is 2.52. The van der Waals surface area contributed by atoms with E-state index in [4.69, 9.17) is 10.00 Å². The maximum atomic E-state index is 9.01. The van der Waals surface area contributed by atoms with E-state index in [0.29, 0.717) is 0 Å². The van der Waals surface area contributed by atoms with E-state index in [1.165, 1.54) is 0 Å². The lowest BCUT2D eigenvalue weighted by Gasteiger charge is -2.16. The number of hydrogen-bond acceptors (Lipinski definition) is 2. The molecule has 1 aromatic rings. The average Bonchev–Trinajstić information content (AvgIpc) is 2.14. The van der Waals surface area contributed by atoms with E-state index in [0.717, 1.165) is 28.0 Å². The summed E-state index contributed by atoms with van der Waals surface area (Å²) in [6, 6.07) is 4.17. The molecule has 0 unspecified atom stereocenters. The number of rotatable bonds is 2. The van der Waals surface area contributed by atoms with Crippen molar-refractivity contribution in [3.05, 3.63) is 28.3 Å². The van der Waals surface area contributed by atoms with Crippen LogP contribution in [0.3, 0.4) is 0 Å². The van der Waals surface area contributed by atoms with Gasteiger partial charge < -0.3 is 4.74 Å². The molecule has 0 aromatic heterocycles. The highest BCUT2D eigenvalue weighted by Gasteiger charge is 2.11. The normalized spacial score (nSPS) is 10.2. The van der Waals surface area contributed by atoms with E-state index in [1.807, 2.05) is 40.7 Å². The van der Waals surface area contributed by atoms with Crippen molar-refractivity contribution in [2.45, 2.75) is 40.7 Å². The van der Waals surface area contributed by atoms with Crippen molar-refractivity contribution in [3.8, 4) is 11.8 Å². The van der Waals surface area contributed by atoms with Gasteiger partial charge >= 0.3 is 0 Å². The van der Waals surface area contributed by atoms with Crippen LogP contribution < -0.4 is 4.74 Å². The molecule has 0 aliphatic heterocycles. The molecule has 0 amide bonds. The molecule has 0 spiro atoms. The summed E-state index contributed by atoms with van der Waals surface area (Å²) in [4.78, 5) is 0. The monoisotopic (exact) mass is 203 g/mol. The maximum Gasteiger partial charge on any atom is 0.123 e. The van der Waals surface area contributed by atoms with Crippen LogP contribution in [-0.4, -0.2) is 6.10 Å². The van der Waals surface area contributed by atoms with Crippen molar-refractivity contribution >= 4 is 0 Å². The van der Waals surface area contributed by atoms with Crippen LogP contribution in [0.2, 0.25) is 0 Å². The minimum absolute atomic E-state index is 0.162. The van der Waals surface area contributed by atoms with Crippen molar-refractivity contribution in [3.63, 3.8) is 0 Å². The predicted octanol–water partition coefficient (Wildman–Crippen LogP) is 3.27. The second-order valence-corrected chi connectivity index (χ2v) is 4.10. The van der Waals surface area contributed by atoms with Crippen molar-refractivity contribution in [1.82, 2.24) is 0 Å². The molecule has 0 atom stereocenters. The summed E-state index contributed by atoms with van der Waals surface area (Å²) in [5.41, 5.74) is 3.83. The van der Waals surface area contributed by atoms with Gasteiger partial charge in [0.25, 0.3) is 0 Å². The SMILES string of the molecule is Cc1cc(OC(C)C)c(C)c(C)c1C#N. The first kappa shape index (κ1) is 11.6. The van der Waals surface area contributed by atoms with Crippen molar-refractivity contribution < 1.29 is 4.74 Å². The molecule has 1 aromatic carbocycles. The molecule has 2 nitrogen and oxygen atoms in total. The van der Waals surface area contributed by atoms with Gasteiger partial charge in [0, 0.05) is 0 Å². The first-order valence-corrected chi connectivity index (χ1v) is 5.15. The highest BCUT2D eigenvalue weighted by Crippen LogP contribution is 2.27. The van der Waals surface area contributed by atoms with Crippen LogP contribution >= 0.6 is 0 Å². The van der Waals surface area contributed by atoms with Gasteiger partial charge in [-0.3, -0.25) is 0 Å². The molecule has 0 aliphatic rings. The summed E-state index contributed by atoms with van der Waals surface area (Å²) in [6.07, 6.45) is 0.162. The summed E-state index contributed by atoms with van der Waals surface area (Å²) in [7, 11) is 0. The molecule has 0 saturated carbocycles. The highest BCUT2D eigenvalue weighted by molar-refractivity contribution is 5.53. The largest absolute Gasteiger partial charge is 0.491 e. The first-order chi connectivity index (χ1) is 6.97. The fraction of sp³-hybridized carbons (Fsp3) is 0.462. The molecular weight excluding hydrogens is 186 g/mol. The van der Waals surface area contributed by atoms with Gasteiger partial charge in [0.15, 0.2) is 0 Å². The number of ether oxygens (including phenoxy) is 1. The molecule has 0 radical (unpaired) electrons. The van der Waals surface area contributed by atoms with E-state index in [1.54, 1.807) is 0 Å². The van der Waals surface area contributed by atoms with Crippen LogP contribution in [0, 0.1) is 32.1 Å². The molecule has 0 saturated heterocycles. The van der Waals surface area contributed by atoms with Gasteiger partial charge in [-0.25, -0.2) is 0 Å². The molecule has 0 aliphatic carbocycles. The lowest BCUT2D eigenvalue weighted by atomic mass is 9.98. The Labute approximate surface area is 91.5 Å².